The molecule has 4 heteroatoms. The van der Waals surface area contributed by atoms with Gasteiger partial charge in [-0.2, -0.15) is 5.26 Å². The van der Waals surface area contributed by atoms with E-state index in [4.69, 9.17) is 0 Å². The van der Waals surface area contributed by atoms with Gasteiger partial charge in [-0.05, 0) is 30.2 Å². The highest BCUT2D eigenvalue weighted by Gasteiger charge is 2.22. The van der Waals surface area contributed by atoms with Crippen molar-refractivity contribution in [3.8, 4) is 6.07 Å². The molecule has 1 aromatic carbocycles. The van der Waals surface area contributed by atoms with E-state index in [1.165, 1.54) is 0 Å². The number of nitrogens with zero attached hydrogens (tertiary/aromatic N) is 2. The van der Waals surface area contributed by atoms with Crippen molar-refractivity contribution in [2.45, 2.75) is 19.4 Å². The van der Waals surface area contributed by atoms with Crippen LogP contribution in [0.5, 0.6) is 0 Å². The fourth-order valence-electron chi connectivity index (χ4n) is 2.93. The predicted octanol–water partition coefficient (Wildman–Crippen LogP) is 1.83. The molecule has 0 saturated carbocycles. The standard InChI is InChI=1S/C17H17N3O/c1-20-8-7-13-14(10-18)17(21)19-16(15(13)11-20)9-12-5-3-2-4-6-12/h2-6H,7-9,11H2,1H3,(H,19,21). The van der Waals surface area contributed by atoms with Crippen LogP contribution in [0.25, 0.3) is 0 Å². The maximum atomic E-state index is 12.1. The van der Waals surface area contributed by atoms with Gasteiger partial charge in [0.25, 0.3) is 5.56 Å². The molecule has 1 N–H and O–H groups in total. The number of hydrogen-bond donors (Lipinski definition) is 1. The molecule has 0 bridgehead atoms. The van der Waals surface area contributed by atoms with Crippen molar-refractivity contribution in [2.24, 2.45) is 0 Å². The van der Waals surface area contributed by atoms with Gasteiger partial charge in [0, 0.05) is 25.2 Å². The van der Waals surface area contributed by atoms with Crippen LogP contribution in [0, 0.1) is 11.3 Å². The van der Waals surface area contributed by atoms with Crippen molar-refractivity contribution < 1.29 is 0 Å². The number of fused-ring (bicyclic) bond motifs is 1. The summed E-state index contributed by atoms with van der Waals surface area (Å²) in [7, 11) is 2.06. The Morgan fingerprint density at radius 3 is 2.76 bits per heavy atom. The monoisotopic (exact) mass is 279 g/mol. The van der Waals surface area contributed by atoms with E-state index in [2.05, 4.69) is 35.1 Å². The summed E-state index contributed by atoms with van der Waals surface area (Å²) in [5.41, 5.74) is 4.18. The summed E-state index contributed by atoms with van der Waals surface area (Å²) in [6.45, 7) is 1.67. The SMILES string of the molecule is CN1CCc2c(c(Cc3ccccc3)[nH]c(=O)c2C#N)C1. The molecule has 1 aliphatic heterocycles. The molecule has 21 heavy (non-hydrogen) atoms. The number of pyridine rings is 1. The third-order valence-corrected chi connectivity index (χ3v) is 4.03. The molecule has 1 aromatic heterocycles. The molecular formula is C17H17N3O. The summed E-state index contributed by atoms with van der Waals surface area (Å²) >= 11 is 0. The number of nitriles is 1. The molecule has 1 aliphatic rings. The van der Waals surface area contributed by atoms with Crippen LogP contribution in [0.4, 0.5) is 0 Å². The normalized spacial score (nSPS) is 14.5. The van der Waals surface area contributed by atoms with E-state index >= 15 is 0 Å². The van der Waals surface area contributed by atoms with Crippen LogP contribution in [0.1, 0.15) is 27.9 Å². The van der Waals surface area contributed by atoms with Gasteiger partial charge in [-0.15, -0.1) is 0 Å². The molecule has 0 spiro atoms. The Morgan fingerprint density at radius 2 is 2.05 bits per heavy atom. The van der Waals surface area contributed by atoms with Crippen molar-refractivity contribution in [3.63, 3.8) is 0 Å². The predicted molar refractivity (Wildman–Crippen MR) is 81.1 cm³/mol. The number of rotatable bonds is 2. The Hall–Kier alpha value is -2.38. The van der Waals surface area contributed by atoms with Crippen LogP contribution in [0.15, 0.2) is 35.1 Å². The molecule has 106 valence electrons. The van der Waals surface area contributed by atoms with E-state index < -0.39 is 0 Å². The van der Waals surface area contributed by atoms with Crippen molar-refractivity contribution in [1.29, 1.82) is 5.26 Å². The first-order valence-electron chi connectivity index (χ1n) is 7.08. The molecular weight excluding hydrogens is 262 g/mol. The van der Waals surface area contributed by atoms with E-state index in [-0.39, 0.29) is 11.1 Å². The number of hydrogen-bond acceptors (Lipinski definition) is 3. The third kappa shape index (κ3) is 2.61. The molecule has 2 heterocycles. The van der Waals surface area contributed by atoms with Crippen molar-refractivity contribution >= 4 is 0 Å². The van der Waals surface area contributed by atoms with Gasteiger partial charge in [0.1, 0.15) is 11.6 Å². The molecule has 4 nitrogen and oxygen atoms in total. The first-order chi connectivity index (χ1) is 10.2. The van der Waals surface area contributed by atoms with Gasteiger partial charge < -0.3 is 9.88 Å². The summed E-state index contributed by atoms with van der Waals surface area (Å²) in [5.74, 6) is 0. The van der Waals surface area contributed by atoms with Gasteiger partial charge in [-0.3, -0.25) is 4.79 Å². The molecule has 0 amide bonds. The van der Waals surface area contributed by atoms with Gasteiger partial charge in [0.05, 0.1) is 0 Å². The number of nitrogens with one attached hydrogen (secondary N) is 1. The zero-order valence-corrected chi connectivity index (χ0v) is 12.0. The zero-order valence-electron chi connectivity index (χ0n) is 12.0. The first-order valence-corrected chi connectivity index (χ1v) is 7.08. The van der Waals surface area contributed by atoms with Crippen LogP contribution in [0.2, 0.25) is 0 Å². The first kappa shape index (κ1) is 13.6. The largest absolute Gasteiger partial charge is 0.324 e. The Kier molecular flexibility index (Phi) is 3.59. The number of aromatic nitrogens is 1. The van der Waals surface area contributed by atoms with Crippen LogP contribution in [-0.2, 0) is 19.4 Å². The lowest BCUT2D eigenvalue weighted by Crippen LogP contribution is -2.31. The molecule has 3 rings (SSSR count). The average Bonchev–Trinajstić information content (AvgIpc) is 2.49. The fourth-order valence-corrected chi connectivity index (χ4v) is 2.93. The number of H-pyrrole nitrogens is 1. The second-order valence-electron chi connectivity index (χ2n) is 5.53. The molecule has 0 atom stereocenters. The van der Waals surface area contributed by atoms with E-state index in [1.54, 1.807) is 0 Å². The smallest absolute Gasteiger partial charge is 0.266 e. The van der Waals surface area contributed by atoms with Gasteiger partial charge in [-0.1, -0.05) is 30.3 Å². The lowest BCUT2D eigenvalue weighted by Gasteiger charge is -2.27. The molecule has 0 aliphatic carbocycles. The van der Waals surface area contributed by atoms with Gasteiger partial charge in [0.2, 0.25) is 0 Å². The van der Waals surface area contributed by atoms with Gasteiger partial charge in [0.15, 0.2) is 0 Å². The Labute approximate surface area is 123 Å². The highest BCUT2D eigenvalue weighted by Crippen LogP contribution is 2.23. The van der Waals surface area contributed by atoms with Crippen LogP contribution >= 0.6 is 0 Å². The molecule has 0 radical (unpaired) electrons. The molecule has 2 aromatic rings. The van der Waals surface area contributed by atoms with Crippen molar-refractivity contribution in [2.75, 3.05) is 13.6 Å². The van der Waals surface area contributed by atoms with E-state index in [0.29, 0.717) is 6.42 Å². The number of aromatic amines is 1. The minimum atomic E-state index is -0.258. The summed E-state index contributed by atoms with van der Waals surface area (Å²) < 4.78 is 0. The van der Waals surface area contributed by atoms with Crippen LogP contribution in [-0.4, -0.2) is 23.5 Å². The number of benzene rings is 1. The lowest BCUT2D eigenvalue weighted by molar-refractivity contribution is 0.310. The minimum absolute atomic E-state index is 0.258. The minimum Gasteiger partial charge on any atom is -0.324 e. The van der Waals surface area contributed by atoms with Gasteiger partial charge >= 0.3 is 0 Å². The summed E-state index contributed by atoms with van der Waals surface area (Å²) in [6.07, 6.45) is 1.46. The van der Waals surface area contributed by atoms with E-state index in [1.807, 2.05) is 18.2 Å². The second kappa shape index (κ2) is 5.55. The Morgan fingerprint density at radius 1 is 1.29 bits per heavy atom. The van der Waals surface area contributed by atoms with Crippen molar-refractivity contribution in [3.05, 3.63) is 68.6 Å². The summed E-state index contributed by atoms with van der Waals surface area (Å²) in [6, 6.07) is 12.1. The summed E-state index contributed by atoms with van der Waals surface area (Å²) in [5, 5.41) is 9.24. The lowest BCUT2D eigenvalue weighted by atomic mass is 9.92. The Bertz CT molecular complexity index is 756. The summed E-state index contributed by atoms with van der Waals surface area (Å²) in [4.78, 5) is 17.3. The van der Waals surface area contributed by atoms with Gasteiger partial charge in [-0.25, -0.2) is 0 Å². The molecule has 0 unspecified atom stereocenters. The van der Waals surface area contributed by atoms with E-state index in [0.717, 1.165) is 41.9 Å². The number of likely N-dealkylation sites (N-methyl/N-ethyl adjacent to an activating group) is 1. The maximum Gasteiger partial charge on any atom is 0.266 e. The zero-order chi connectivity index (χ0) is 14.8. The van der Waals surface area contributed by atoms with Crippen molar-refractivity contribution in [1.82, 2.24) is 9.88 Å². The fraction of sp³-hybridized carbons (Fsp3) is 0.294. The van der Waals surface area contributed by atoms with E-state index in [9.17, 15) is 10.1 Å². The topological polar surface area (TPSA) is 59.9 Å². The average molecular weight is 279 g/mol. The molecule has 0 fully saturated rings. The Balaban J connectivity index is 2.11. The maximum absolute atomic E-state index is 12.1. The van der Waals surface area contributed by atoms with Crippen LogP contribution < -0.4 is 5.56 Å². The quantitative estimate of drug-likeness (QED) is 0.912. The molecule has 0 saturated heterocycles. The third-order valence-electron chi connectivity index (χ3n) is 4.03. The highest BCUT2D eigenvalue weighted by atomic mass is 16.1. The second-order valence-corrected chi connectivity index (χ2v) is 5.53. The highest BCUT2D eigenvalue weighted by molar-refractivity contribution is 5.45. The van der Waals surface area contributed by atoms with Crippen LogP contribution in [0.3, 0.4) is 0 Å².